The van der Waals surface area contributed by atoms with E-state index in [1.165, 1.54) is 11.5 Å². The molecule has 1 heterocycles. The highest BCUT2D eigenvalue weighted by Crippen LogP contribution is 2.19. The van der Waals surface area contributed by atoms with Crippen molar-refractivity contribution in [3.05, 3.63) is 60.2 Å². The highest BCUT2D eigenvalue weighted by molar-refractivity contribution is 7.99. The monoisotopic (exact) mass is 342 g/mol. The molecule has 0 aliphatic carbocycles. The van der Waals surface area contributed by atoms with E-state index in [-0.39, 0.29) is 12.5 Å². The van der Waals surface area contributed by atoms with Crippen molar-refractivity contribution in [2.45, 2.75) is 6.54 Å². The van der Waals surface area contributed by atoms with Gasteiger partial charge in [-0.25, -0.2) is 0 Å². The summed E-state index contributed by atoms with van der Waals surface area (Å²) >= 11 is 2.00. The predicted molar refractivity (Wildman–Crippen MR) is 99.6 cm³/mol. The molecule has 1 amide bonds. The summed E-state index contributed by atoms with van der Waals surface area (Å²) in [6, 6.07) is 17.4. The van der Waals surface area contributed by atoms with Crippen molar-refractivity contribution in [2.75, 3.05) is 36.5 Å². The third-order valence-electron chi connectivity index (χ3n) is 3.90. The molecule has 0 spiro atoms. The van der Waals surface area contributed by atoms with Crippen LogP contribution in [-0.4, -0.2) is 42.0 Å². The van der Waals surface area contributed by atoms with Crippen LogP contribution in [0.25, 0.3) is 0 Å². The molecule has 1 saturated heterocycles. The Morgan fingerprint density at radius 3 is 2.54 bits per heavy atom. The van der Waals surface area contributed by atoms with E-state index in [0.717, 1.165) is 30.9 Å². The van der Waals surface area contributed by atoms with Gasteiger partial charge in [-0.3, -0.25) is 9.69 Å². The minimum Gasteiger partial charge on any atom is -0.484 e. The molecular formula is C19H22N2O2S. The molecule has 1 aliphatic heterocycles. The third-order valence-corrected chi connectivity index (χ3v) is 4.84. The molecule has 0 radical (unpaired) electrons. The predicted octanol–water partition coefficient (Wildman–Crippen LogP) is 3.25. The number of para-hydroxylation sites is 2. The lowest BCUT2D eigenvalue weighted by atomic mass is 10.1. The van der Waals surface area contributed by atoms with Crippen LogP contribution in [0, 0.1) is 0 Å². The van der Waals surface area contributed by atoms with Gasteiger partial charge in [0.05, 0.1) is 0 Å². The Hall–Kier alpha value is -1.98. The van der Waals surface area contributed by atoms with E-state index in [1.54, 1.807) is 0 Å². The second-order valence-electron chi connectivity index (χ2n) is 5.70. The Bertz CT molecular complexity index is 657. The average Bonchev–Trinajstić information content (AvgIpc) is 2.63. The largest absolute Gasteiger partial charge is 0.484 e. The van der Waals surface area contributed by atoms with Gasteiger partial charge in [-0.2, -0.15) is 11.8 Å². The summed E-state index contributed by atoms with van der Waals surface area (Å²) in [4.78, 5) is 14.6. The Morgan fingerprint density at radius 2 is 1.75 bits per heavy atom. The Balaban J connectivity index is 1.56. The van der Waals surface area contributed by atoms with Gasteiger partial charge >= 0.3 is 0 Å². The lowest BCUT2D eigenvalue weighted by molar-refractivity contribution is -0.118. The Kier molecular flexibility index (Phi) is 6.15. The fraction of sp³-hybridized carbons (Fsp3) is 0.316. The highest BCUT2D eigenvalue weighted by Gasteiger charge is 2.13. The van der Waals surface area contributed by atoms with Gasteiger partial charge in [-0.05, 0) is 23.8 Å². The summed E-state index contributed by atoms with van der Waals surface area (Å²) < 4.78 is 5.50. The van der Waals surface area contributed by atoms with Gasteiger partial charge in [-0.1, -0.05) is 36.4 Å². The molecule has 0 saturated carbocycles. The lowest BCUT2D eigenvalue weighted by Crippen LogP contribution is -2.32. The number of thioether (sulfide) groups is 1. The van der Waals surface area contributed by atoms with Gasteiger partial charge in [-0.15, -0.1) is 0 Å². The van der Waals surface area contributed by atoms with Crippen LogP contribution in [0.4, 0.5) is 5.69 Å². The second-order valence-corrected chi connectivity index (χ2v) is 6.92. The fourth-order valence-corrected chi connectivity index (χ4v) is 3.61. The van der Waals surface area contributed by atoms with E-state index in [4.69, 9.17) is 4.74 Å². The van der Waals surface area contributed by atoms with E-state index >= 15 is 0 Å². The molecule has 24 heavy (non-hydrogen) atoms. The number of nitrogens with one attached hydrogen (secondary N) is 1. The highest BCUT2D eigenvalue weighted by atomic mass is 32.2. The molecule has 4 nitrogen and oxygen atoms in total. The van der Waals surface area contributed by atoms with Crippen LogP contribution < -0.4 is 10.1 Å². The minimum atomic E-state index is -0.138. The number of amides is 1. The van der Waals surface area contributed by atoms with Gasteiger partial charge in [0.2, 0.25) is 0 Å². The standard InChI is InChI=1S/C19H22N2O2S/c22-19(15-23-17-7-2-1-3-8-17)20-18-9-5-4-6-16(18)14-21-10-12-24-13-11-21/h1-9H,10-15H2,(H,20,22). The molecule has 2 aromatic carbocycles. The van der Waals surface area contributed by atoms with Crippen LogP contribution >= 0.6 is 11.8 Å². The first-order valence-electron chi connectivity index (χ1n) is 8.17. The van der Waals surface area contributed by atoms with E-state index in [2.05, 4.69) is 16.3 Å². The summed E-state index contributed by atoms with van der Waals surface area (Å²) in [6.45, 7) is 3.09. The molecular weight excluding hydrogens is 320 g/mol. The molecule has 3 rings (SSSR count). The van der Waals surface area contributed by atoms with E-state index < -0.39 is 0 Å². The van der Waals surface area contributed by atoms with Gasteiger partial charge < -0.3 is 10.1 Å². The zero-order valence-corrected chi connectivity index (χ0v) is 14.4. The maximum absolute atomic E-state index is 12.2. The number of hydrogen-bond donors (Lipinski definition) is 1. The summed E-state index contributed by atoms with van der Waals surface area (Å²) in [5, 5.41) is 2.97. The summed E-state index contributed by atoms with van der Waals surface area (Å²) in [6.07, 6.45) is 0. The SMILES string of the molecule is O=C(COc1ccccc1)Nc1ccccc1CN1CCSCC1. The van der Waals surface area contributed by atoms with Crippen molar-refractivity contribution >= 4 is 23.4 Å². The fourth-order valence-electron chi connectivity index (χ4n) is 2.63. The number of carbonyl (C=O) groups excluding carboxylic acids is 1. The van der Waals surface area contributed by atoms with Crippen molar-refractivity contribution < 1.29 is 9.53 Å². The first-order chi connectivity index (χ1) is 11.8. The quantitative estimate of drug-likeness (QED) is 0.875. The van der Waals surface area contributed by atoms with E-state index in [1.807, 2.05) is 60.3 Å². The Labute approximate surface area is 147 Å². The number of benzene rings is 2. The topological polar surface area (TPSA) is 41.6 Å². The molecule has 0 aromatic heterocycles. The summed E-state index contributed by atoms with van der Waals surface area (Å²) in [5.74, 6) is 2.92. The van der Waals surface area contributed by atoms with Crippen LogP contribution in [0.3, 0.4) is 0 Å². The molecule has 126 valence electrons. The molecule has 0 bridgehead atoms. The molecule has 0 atom stereocenters. The molecule has 0 unspecified atom stereocenters. The summed E-state index contributed by atoms with van der Waals surface area (Å²) in [5.41, 5.74) is 2.02. The van der Waals surface area contributed by atoms with Crippen molar-refractivity contribution in [2.24, 2.45) is 0 Å². The number of ether oxygens (including phenoxy) is 1. The number of hydrogen-bond acceptors (Lipinski definition) is 4. The van der Waals surface area contributed by atoms with Gasteiger partial charge in [0.15, 0.2) is 6.61 Å². The first kappa shape index (κ1) is 16.9. The van der Waals surface area contributed by atoms with Crippen LogP contribution in [-0.2, 0) is 11.3 Å². The average molecular weight is 342 g/mol. The minimum absolute atomic E-state index is 0.0126. The van der Waals surface area contributed by atoms with Gasteiger partial charge in [0.25, 0.3) is 5.91 Å². The van der Waals surface area contributed by atoms with Crippen LogP contribution in [0.2, 0.25) is 0 Å². The Morgan fingerprint density at radius 1 is 1.04 bits per heavy atom. The van der Waals surface area contributed by atoms with Crippen molar-refractivity contribution in [1.82, 2.24) is 4.90 Å². The number of anilines is 1. The van der Waals surface area contributed by atoms with E-state index in [0.29, 0.717) is 5.75 Å². The zero-order valence-electron chi connectivity index (χ0n) is 13.6. The normalized spacial score (nSPS) is 15.0. The van der Waals surface area contributed by atoms with Crippen LogP contribution in [0.5, 0.6) is 5.75 Å². The molecule has 1 aliphatic rings. The van der Waals surface area contributed by atoms with Gasteiger partial charge in [0, 0.05) is 36.8 Å². The number of rotatable bonds is 6. The lowest BCUT2D eigenvalue weighted by Gasteiger charge is -2.27. The molecule has 1 fully saturated rings. The maximum atomic E-state index is 12.2. The third kappa shape index (κ3) is 5.01. The maximum Gasteiger partial charge on any atom is 0.262 e. The number of nitrogens with zero attached hydrogens (tertiary/aromatic N) is 1. The van der Waals surface area contributed by atoms with Crippen molar-refractivity contribution in [3.63, 3.8) is 0 Å². The molecule has 5 heteroatoms. The number of carbonyl (C=O) groups is 1. The first-order valence-corrected chi connectivity index (χ1v) is 9.32. The second kappa shape index (κ2) is 8.76. The summed E-state index contributed by atoms with van der Waals surface area (Å²) in [7, 11) is 0. The molecule has 2 aromatic rings. The molecule has 1 N–H and O–H groups in total. The van der Waals surface area contributed by atoms with Crippen LogP contribution in [0.1, 0.15) is 5.56 Å². The van der Waals surface area contributed by atoms with E-state index in [9.17, 15) is 4.79 Å². The van der Waals surface area contributed by atoms with Crippen molar-refractivity contribution in [1.29, 1.82) is 0 Å². The smallest absolute Gasteiger partial charge is 0.262 e. The zero-order chi connectivity index (χ0) is 16.6. The van der Waals surface area contributed by atoms with Crippen molar-refractivity contribution in [3.8, 4) is 5.75 Å². The van der Waals surface area contributed by atoms with Gasteiger partial charge in [0.1, 0.15) is 5.75 Å². The van der Waals surface area contributed by atoms with Crippen LogP contribution in [0.15, 0.2) is 54.6 Å².